The van der Waals surface area contributed by atoms with E-state index in [1.807, 2.05) is 25.2 Å². The van der Waals surface area contributed by atoms with Crippen LogP contribution in [0.1, 0.15) is 35.2 Å². The molecular formula is C24H34N4O3S. The number of nitrogens with one attached hydrogen (secondary N) is 1. The third kappa shape index (κ3) is 6.09. The summed E-state index contributed by atoms with van der Waals surface area (Å²) < 4.78 is 26.5. The molecule has 32 heavy (non-hydrogen) atoms. The number of benzene rings is 2. The van der Waals surface area contributed by atoms with Crippen molar-refractivity contribution < 1.29 is 13.2 Å². The van der Waals surface area contributed by atoms with Crippen molar-refractivity contribution in [3.05, 3.63) is 59.7 Å². The molecule has 0 bridgehead atoms. The van der Waals surface area contributed by atoms with Crippen LogP contribution >= 0.6 is 0 Å². The van der Waals surface area contributed by atoms with Gasteiger partial charge in [-0.1, -0.05) is 30.3 Å². The molecule has 0 atom stereocenters. The average molecular weight is 459 g/mol. The van der Waals surface area contributed by atoms with Crippen LogP contribution in [0.15, 0.2) is 53.4 Å². The molecule has 1 fully saturated rings. The van der Waals surface area contributed by atoms with Crippen LogP contribution in [0.25, 0.3) is 0 Å². The lowest BCUT2D eigenvalue weighted by atomic mass is 10.1. The van der Waals surface area contributed by atoms with E-state index in [0.717, 1.165) is 38.2 Å². The molecule has 0 aliphatic carbocycles. The lowest BCUT2D eigenvalue weighted by molar-refractivity contribution is 0.0950. The maximum absolute atomic E-state index is 13.1. The number of likely N-dealkylation sites (N-methyl/N-ethyl adjacent to an activating group) is 1. The summed E-state index contributed by atoms with van der Waals surface area (Å²) in [6, 6.07) is 15.1. The van der Waals surface area contributed by atoms with E-state index in [1.54, 1.807) is 12.1 Å². The largest absolute Gasteiger partial charge is 0.371 e. The predicted molar refractivity (Wildman–Crippen MR) is 128 cm³/mol. The molecule has 1 amide bonds. The smallest absolute Gasteiger partial charge is 0.253 e. The van der Waals surface area contributed by atoms with E-state index in [0.29, 0.717) is 18.7 Å². The maximum atomic E-state index is 13.1. The molecule has 7 nitrogen and oxygen atoms in total. The Hall–Kier alpha value is -2.42. The third-order valence-electron chi connectivity index (χ3n) is 5.76. The Morgan fingerprint density at radius 2 is 1.69 bits per heavy atom. The molecule has 3 rings (SSSR count). The molecular weight excluding hydrogens is 424 g/mol. The minimum absolute atomic E-state index is 0.134. The van der Waals surface area contributed by atoms with Crippen LogP contribution in [0.5, 0.6) is 0 Å². The van der Waals surface area contributed by atoms with Crippen LogP contribution in [0.4, 0.5) is 5.69 Å². The number of hydrogen-bond donors (Lipinski definition) is 1. The minimum Gasteiger partial charge on any atom is -0.371 e. The quantitative estimate of drug-likeness (QED) is 0.626. The highest BCUT2D eigenvalue weighted by Gasteiger charge is 2.24. The molecule has 0 unspecified atom stereocenters. The normalized spacial score (nSPS) is 14.7. The number of amides is 1. The average Bonchev–Trinajstić information content (AvgIpc) is 2.79. The molecule has 2 aromatic carbocycles. The summed E-state index contributed by atoms with van der Waals surface area (Å²) in [5.41, 5.74) is 2.44. The van der Waals surface area contributed by atoms with E-state index in [1.165, 1.54) is 36.5 Å². The molecule has 174 valence electrons. The first-order chi connectivity index (χ1) is 15.3. The number of piperidine rings is 1. The SMILES string of the molecule is CN(CCNC(=O)c1cc(S(=O)(=O)N(C)C)ccc1N1CCCCC1)Cc1ccccc1. The van der Waals surface area contributed by atoms with Gasteiger partial charge in [0.2, 0.25) is 10.0 Å². The van der Waals surface area contributed by atoms with Gasteiger partial charge in [0.25, 0.3) is 5.91 Å². The fourth-order valence-electron chi connectivity index (χ4n) is 3.91. The summed E-state index contributed by atoms with van der Waals surface area (Å²) in [4.78, 5) is 17.6. The molecule has 1 aliphatic rings. The number of sulfonamides is 1. The zero-order chi connectivity index (χ0) is 23.1. The highest BCUT2D eigenvalue weighted by atomic mass is 32.2. The molecule has 8 heteroatoms. The molecule has 1 saturated heterocycles. The number of rotatable bonds is 9. The molecule has 2 aromatic rings. The summed E-state index contributed by atoms with van der Waals surface area (Å²) in [5.74, 6) is -0.241. The number of hydrogen-bond acceptors (Lipinski definition) is 5. The lowest BCUT2D eigenvalue weighted by Crippen LogP contribution is -2.35. The van der Waals surface area contributed by atoms with Gasteiger partial charge in [-0.25, -0.2) is 12.7 Å². The van der Waals surface area contributed by atoms with Crippen LogP contribution < -0.4 is 10.2 Å². The van der Waals surface area contributed by atoms with Crippen molar-refractivity contribution in [2.24, 2.45) is 0 Å². The standard InChI is InChI=1S/C24H34N4O3S/c1-26(2)32(30,31)21-12-13-23(28-15-8-5-9-16-28)22(18-21)24(29)25-14-17-27(3)19-20-10-6-4-7-11-20/h4,6-7,10-13,18H,5,8-9,14-17,19H2,1-3H3,(H,25,29). The van der Waals surface area contributed by atoms with Crippen molar-refractivity contribution in [1.29, 1.82) is 0 Å². The Balaban J connectivity index is 1.73. The Kier molecular flexibility index (Phi) is 8.28. The van der Waals surface area contributed by atoms with Crippen LogP contribution in [-0.4, -0.2) is 70.9 Å². The number of nitrogens with zero attached hydrogens (tertiary/aromatic N) is 3. The van der Waals surface area contributed by atoms with Crippen molar-refractivity contribution in [1.82, 2.24) is 14.5 Å². The van der Waals surface area contributed by atoms with Gasteiger partial charge in [0.15, 0.2) is 0 Å². The van der Waals surface area contributed by atoms with E-state index in [9.17, 15) is 13.2 Å². The van der Waals surface area contributed by atoms with Crippen molar-refractivity contribution >= 4 is 21.6 Å². The van der Waals surface area contributed by atoms with Crippen molar-refractivity contribution in [2.75, 3.05) is 52.2 Å². The van der Waals surface area contributed by atoms with E-state index >= 15 is 0 Å². The van der Waals surface area contributed by atoms with Gasteiger partial charge in [-0.3, -0.25) is 4.79 Å². The second-order valence-corrected chi connectivity index (χ2v) is 10.6. The van der Waals surface area contributed by atoms with Crippen LogP contribution in [-0.2, 0) is 16.6 Å². The third-order valence-corrected chi connectivity index (χ3v) is 7.57. The van der Waals surface area contributed by atoms with Crippen LogP contribution in [0, 0.1) is 0 Å². The first-order valence-electron chi connectivity index (χ1n) is 11.1. The Morgan fingerprint density at radius 1 is 1.00 bits per heavy atom. The fraction of sp³-hybridized carbons (Fsp3) is 0.458. The first-order valence-corrected chi connectivity index (χ1v) is 12.6. The van der Waals surface area contributed by atoms with Gasteiger partial charge in [0.1, 0.15) is 0 Å². The van der Waals surface area contributed by atoms with Crippen molar-refractivity contribution in [2.45, 2.75) is 30.7 Å². The molecule has 0 radical (unpaired) electrons. The zero-order valence-electron chi connectivity index (χ0n) is 19.3. The Morgan fingerprint density at radius 3 is 2.34 bits per heavy atom. The summed E-state index contributed by atoms with van der Waals surface area (Å²) in [6.45, 7) is 3.72. The first kappa shape index (κ1) is 24.2. The molecule has 1 heterocycles. The van der Waals surface area contributed by atoms with E-state index < -0.39 is 10.0 Å². The highest BCUT2D eigenvalue weighted by Crippen LogP contribution is 2.27. The topological polar surface area (TPSA) is 73.0 Å². The summed E-state index contributed by atoms with van der Waals surface area (Å²) in [5, 5.41) is 2.99. The minimum atomic E-state index is -3.62. The number of carbonyl (C=O) groups excluding carboxylic acids is 1. The van der Waals surface area contributed by atoms with Gasteiger partial charge in [-0.2, -0.15) is 0 Å². The maximum Gasteiger partial charge on any atom is 0.253 e. The fourth-order valence-corrected chi connectivity index (χ4v) is 4.84. The molecule has 0 aromatic heterocycles. The highest BCUT2D eigenvalue weighted by molar-refractivity contribution is 7.89. The second kappa shape index (κ2) is 10.9. The predicted octanol–water partition coefficient (Wildman–Crippen LogP) is 2.79. The van der Waals surface area contributed by atoms with Crippen LogP contribution in [0.2, 0.25) is 0 Å². The Labute approximate surface area is 192 Å². The number of anilines is 1. The van der Waals surface area contributed by atoms with Crippen molar-refractivity contribution in [3.63, 3.8) is 0 Å². The van der Waals surface area contributed by atoms with Gasteiger partial charge in [-0.05, 0) is 50.1 Å². The molecule has 1 N–H and O–H groups in total. The van der Waals surface area contributed by atoms with Gasteiger partial charge in [0.05, 0.1) is 10.5 Å². The van der Waals surface area contributed by atoms with Crippen LogP contribution in [0.3, 0.4) is 0 Å². The second-order valence-electron chi connectivity index (χ2n) is 8.49. The Bertz CT molecular complexity index is 1000. The molecule has 0 spiro atoms. The van der Waals surface area contributed by atoms with Gasteiger partial charge in [0, 0.05) is 52.5 Å². The molecule has 1 aliphatic heterocycles. The van der Waals surface area contributed by atoms with E-state index in [-0.39, 0.29) is 10.8 Å². The monoisotopic (exact) mass is 458 g/mol. The number of carbonyl (C=O) groups is 1. The van der Waals surface area contributed by atoms with Crippen molar-refractivity contribution in [3.8, 4) is 0 Å². The van der Waals surface area contributed by atoms with E-state index in [2.05, 4.69) is 27.2 Å². The molecule has 0 saturated carbocycles. The lowest BCUT2D eigenvalue weighted by Gasteiger charge is -2.30. The van der Waals surface area contributed by atoms with Gasteiger partial charge >= 0.3 is 0 Å². The summed E-state index contributed by atoms with van der Waals surface area (Å²) >= 11 is 0. The van der Waals surface area contributed by atoms with E-state index in [4.69, 9.17) is 0 Å². The van der Waals surface area contributed by atoms with Gasteiger partial charge < -0.3 is 15.1 Å². The summed E-state index contributed by atoms with van der Waals surface area (Å²) in [7, 11) is 1.39. The summed E-state index contributed by atoms with van der Waals surface area (Å²) in [6.07, 6.45) is 3.32. The zero-order valence-corrected chi connectivity index (χ0v) is 20.1. The van der Waals surface area contributed by atoms with Gasteiger partial charge in [-0.15, -0.1) is 0 Å².